The topological polar surface area (TPSA) is 23.1 Å². The lowest BCUT2D eigenvalue weighted by Crippen LogP contribution is -2.38. The highest BCUT2D eigenvalue weighted by Crippen LogP contribution is 2.07. The summed E-state index contributed by atoms with van der Waals surface area (Å²) < 4.78 is 1.06. The zero-order valence-corrected chi connectivity index (χ0v) is 9.66. The van der Waals surface area contributed by atoms with Crippen LogP contribution in [0, 0.1) is 0 Å². The molecule has 1 aromatic rings. The summed E-state index contributed by atoms with van der Waals surface area (Å²) in [6.07, 6.45) is 0. The summed E-state index contributed by atoms with van der Waals surface area (Å²) in [6.45, 7) is 4.52. The van der Waals surface area contributed by atoms with Gasteiger partial charge in [-0.15, -0.1) is 0 Å². The third-order valence-electron chi connectivity index (χ3n) is 2.31. The van der Waals surface area contributed by atoms with E-state index in [1.54, 1.807) is 0 Å². The van der Waals surface area contributed by atoms with E-state index >= 15 is 0 Å². The maximum Gasteiger partial charge on any atom is 0.104 e. The van der Waals surface area contributed by atoms with Gasteiger partial charge in [0.15, 0.2) is 0 Å². The van der Waals surface area contributed by atoms with E-state index in [1.165, 1.54) is 12.1 Å². The zero-order valence-electron chi connectivity index (χ0n) is 9.66. The Bertz CT molecular complexity index is 231. The van der Waals surface area contributed by atoms with E-state index in [4.69, 9.17) is 5.11 Å². The molecule has 0 aliphatic heterocycles. The van der Waals surface area contributed by atoms with Gasteiger partial charge in [0.25, 0.3) is 0 Å². The third kappa shape index (κ3) is 5.00. The fourth-order valence-corrected chi connectivity index (χ4v) is 1.19. The minimum Gasteiger partial charge on any atom is -0.857 e. The lowest BCUT2D eigenvalue weighted by atomic mass is 10.2. The van der Waals surface area contributed by atoms with Gasteiger partial charge in [0.1, 0.15) is 6.54 Å². The van der Waals surface area contributed by atoms with Crippen LogP contribution in [0.5, 0.6) is 0 Å². The molecule has 0 bridgehead atoms. The van der Waals surface area contributed by atoms with Gasteiger partial charge < -0.3 is 9.59 Å². The summed E-state index contributed by atoms with van der Waals surface area (Å²) in [5.41, 5.74) is 1.42. The Hall–Kier alpha value is -0.860. The molecule has 0 amide bonds. The van der Waals surface area contributed by atoms with Crippen LogP contribution in [0.3, 0.4) is 0 Å². The van der Waals surface area contributed by atoms with E-state index in [9.17, 15) is 0 Å². The van der Waals surface area contributed by atoms with Gasteiger partial charge in [-0.25, -0.2) is 0 Å². The third-order valence-corrected chi connectivity index (χ3v) is 2.31. The number of hydrogen-bond acceptors (Lipinski definition) is 1. The maximum absolute atomic E-state index is 8.25. The maximum atomic E-state index is 8.25. The van der Waals surface area contributed by atoms with Crippen molar-refractivity contribution >= 4 is 0 Å². The molecule has 0 aromatic heterocycles. The first-order chi connectivity index (χ1) is 6.64. The second-order valence-electron chi connectivity index (χ2n) is 3.90. The first kappa shape index (κ1) is 13.1. The van der Waals surface area contributed by atoms with Crippen LogP contribution in [0.4, 0.5) is 0 Å². The van der Waals surface area contributed by atoms with Crippen LogP contribution >= 0.6 is 0 Å². The minimum absolute atomic E-state index is 0.750. The van der Waals surface area contributed by atoms with Crippen molar-refractivity contribution < 1.29 is 9.59 Å². The van der Waals surface area contributed by atoms with Gasteiger partial charge in [-0.2, -0.15) is 7.11 Å². The van der Waals surface area contributed by atoms with Gasteiger partial charge >= 0.3 is 0 Å². The Morgan fingerprint density at radius 3 is 2.00 bits per heavy atom. The number of rotatable bonds is 3. The molecule has 0 fully saturated rings. The van der Waals surface area contributed by atoms with Crippen molar-refractivity contribution in [2.24, 2.45) is 0 Å². The molecule has 2 nitrogen and oxygen atoms in total. The van der Waals surface area contributed by atoms with Crippen LogP contribution in [-0.2, 0) is 6.54 Å². The number of hydrogen-bond donors (Lipinski definition) is 0. The summed E-state index contributed by atoms with van der Waals surface area (Å²) in [4.78, 5) is 0. The second-order valence-corrected chi connectivity index (χ2v) is 3.90. The van der Waals surface area contributed by atoms with Crippen LogP contribution in [0.1, 0.15) is 12.5 Å². The molecule has 14 heavy (non-hydrogen) atoms. The minimum atomic E-state index is 0.750. The SMILES string of the molecule is CC[N+](C)(C)Cc1ccccc1.C[O-]. The number of quaternary nitrogens is 1. The van der Waals surface area contributed by atoms with E-state index in [-0.39, 0.29) is 0 Å². The molecule has 0 aliphatic carbocycles. The average molecular weight is 195 g/mol. The monoisotopic (exact) mass is 195 g/mol. The molecule has 0 aliphatic rings. The average Bonchev–Trinajstić information content (AvgIpc) is 2.22. The molecule has 0 spiro atoms. The molecule has 1 rings (SSSR count). The highest BCUT2D eigenvalue weighted by Gasteiger charge is 2.11. The molecule has 1 aromatic carbocycles. The molecule has 0 heterocycles. The highest BCUT2D eigenvalue weighted by atomic mass is 16.2. The van der Waals surface area contributed by atoms with Gasteiger partial charge in [0.2, 0.25) is 0 Å². The molecule has 0 saturated carbocycles. The van der Waals surface area contributed by atoms with E-state index < -0.39 is 0 Å². The van der Waals surface area contributed by atoms with Crippen molar-refractivity contribution in [3.8, 4) is 0 Å². The van der Waals surface area contributed by atoms with Crippen molar-refractivity contribution in [3.05, 3.63) is 35.9 Å². The Balaban J connectivity index is 0.000000791. The Morgan fingerprint density at radius 2 is 1.57 bits per heavy atom. The largest absolute Gasteiger partial charge is 0.857 e. The summed E-state index contributed by atoms with van der Waals surface area (Å²) in [5.74, 6) is 0. The van der Waals surface area contributed by atoms with Crippen molar-refractivity contribution in [2.75, 3.05) is 27.7 Å². The number of nitrogens with zero attached hydrogens (tertiary/aromatic N) is 1. The summed E-state index contributed by atoms with van der Waals surface area (Å²) in [5, 5.41) is 8.25. The van der Waals surface area contributed by atoms with Gasteiger partial charge in [-0.05, 0) is 6.92 Å². The van der Waals surface area contributed by atoms with Gasteiger partial charge in [0.05, 0.1) is 20.6 Å². The molecular formula is C12H21NO. The molecule has 0 atom stereocenters. The lowest BCUT2D eigenvalue weighted by molar-refractivity contribution is -0.901. The van der Waals surface area contributed by atoms with E-state index in [1.807, 2.05) is 0 Å². The Kier molecular flexibility index (Phi) is 6.17. The molecule has 2 heteroatoms. The summed E-state index contributed by atoms with van der Waals surface area (Å²) in [6, 6.07) is 10.6. The molecule has 80 valence electrons. The van der Waals surface area contributed by atoms with E-state index in [0.29, 0.717) is 0 Å². The molecule has 0 N–H and O–H groups in total. The normalized spacial score (nSPS) is 10.4. The molecule has 0 saturated heterocycles. The predicted molar refractivity (Wildman–Crippen MR) is 58.7 cm³/mol. The summed E-state index contributed by atoms with van der Waals surface area (Å²) >= 11 is 0. The highest BCUT2D eigenvalue weighted by molar-refractivity contribution is 5.13. The van der Waals surface area contributed by atoms with Crippen molar-refractivity contribution in [1.29, 1.82) is 0 Å². The number of benzene rings is 1. The lowest BCUT2D eigenvalue weighted by Gasteiger charge is -2.28. The fraction of sp³-hybridized carbons (Fsp3) is 0.500. The van der Waals surface area contributed by atoms with Gasteiger partial charge in [-0.1, -0.05) is 30.3 Å². The van der Waals surface area contributed by atoms with Crippen LogP contribution < -0.4 is 5.11 Å². The first-order valence-corrected chi connectivity index (χ1v) is 4.91. The van der Waals surface area contributed by atoms with Crippen LogP contribution in [0.2, 0.25) is 0 Å². The van der Waals surface area contributed by atoms with Gasteiger partial charge in [-0.3, -0.25) is 0 Å². The molecule has 0 unspecified atom stereocenters. The summed E-state index contributed by atoms with van der Waals surface area (Å²) in [7, 11) is 5.26. The van der Waals surface area contributed by atoms with Gasteiger partial charge in [0, 0.05) is 5.56 Å². The van der Waals surface area contributed by atoms with Crippen molar-refractivity contribution in [3.63, 3.8) is 0 Å². The quantitative estimate of drug-likeness (QED) is 0.666. The molecule has 0 radical (unpaired) electrons. The van der Waals surface area contributed by atoms with Crippen molar-refractivity contribution in [1.82, 2.24) is 0 Å². The van der Waals surface area contributed by atoms with Crippen LogP contribution in [-0.4, -0.2) is 32.2 Å². The second kappa shape index (κ2) is 6.57. The standard InChI is InChI=1S/C11H18N.CH3O/c1-4-12(2,3)10-11-8-6-5-7-9-11;1-2/h5-9H,4,10H2,1-3H3;1H3/q+1;-1. The Labute approximate surface area is 87.4 Å². The van der Waals surface area contributed by atoms with Crippen LogP contribution in [0.25, 0.3) is 0 Å². The fourth-order valence-electron chi connectivity index (χ4n) is 1.19. The zero-order chi connectivity index (χ0) is 11.0. The van der Waals surface area contributed by atoms with Crippen LogP contribution in [0.15, 0.2) is 30.3 Å². The molecular weight excluding hydrogens is 174 g/mol. The smallest absolute Gasteiger partial charge is 0.104 e. The van der Waals surface area contributed by atoms with E-state index in [2.05, 4.69) is 51.4 Å². The predicted octanol–water partition coefficient (Wildman–Crippen LogP) is 1.26. The first-order valence-electron chi connectivity index (χ1n) is 4.91. The van der Waals surface area contributed by atoms with E-state index in [0.717, 1.165) is 18.1 Å². The van der Waals surface area contributed by atoms with Crippen molar-refractivity contribution in [2.45, 2.75) is 13.5 Å². The Morgan fingerprint density at radius 1 is 1.07 bits per heavy atom.